The van der Waals surface area contributed by atoms with Gasteiger partial charge in [0.2, 0.25) is 0 Å². The summed E-state index contributed by atoms with van der Waals surface area (Å²) in [6.07, 6.45) is 0. The van der Waals surface area contributed by atoms with Crippen molar-refractivity contribution in [2.75, 3.05) is 0 Å². The third kappa shape index (κ3) is 0.953. The number of hydrogen-bond acceptors (Lipinski definition) is 2. The summed E-state index contributed by atoms with van der Waals surface area (Å²) in [6.45, 7) is 1.60. The summed E-state index contributed by atoms with van der Waals surface area (Å²) < 4.78 is 0. The number of nitrogens with one attached hydrogen (secondary N) is 1. The van der Waals surface area contributed by atoms with Crippen molar-refractivity contribution in [3.8, 4) is 5.75 Å². The van der Waals surface area contributed by atoms with E-state index in [1.54, 1.807) is 6.92 Å². The van der Waals surface area contributed by atoms with Gasteiger partial charge in [0.05, 0.1) is 5.69 Å². The third-order valence-electron chi connectivity index (χ3n) is 1.22. The van der Waals surface area contributed by atoms with Gasteiger partial charge < -0.3 is 15.2 Å². The molecule has 4 nitrogen and oxygen atoms in total. The Morgan fingerprint density at radius 3 is 2.50 bits per heavy atom. The highest BCUT2D eigenvalue weighted by Gasteiger charge is 2.07. The molecule has 0 aliphatic rings. The maximum atomic E-state index is 10.2. The number of carboxylic acid groups (broad SMARTS) is 1. The van der Waals surface area contributed by atoms with Crippen LogP contribution in [-0.2, 0) is 0 Å². The average Bonchev–Trinajstić information content (AvgIpc) is 2.13. The predicted octanol–water partition coefficient (Wildman–Crippen LogP) is 0.727. The number of H-pyrrole nitrogens is 1. The first-order valence-corrected chi connectivity index (χ1v) is 2.73. The van der Waals surface area contributed by atoms with Crippen LogP contribution in [0.5, 0.6) is 5.75 Å². The van der Waals surface area contributed by atoms with Gasteiger partial charge in [0.1, 0.15) is 11.4 Å². The second-order valence-electron chi connectivity index (χ2n) is 2.00. The minimum Gasteiger partial charge on any atom is -0.506 e. The number of carboxylic acids is 1. The number of aromatic amines is 1. The highest BCUT2D eigenvalue weighted by Crippen LogP contribution is 2.15. The summed E-state index contributed by atoms with van der Waals surface area (Å²) in [5.41, 5.74) is 0.479. The average molecular weight is 141 g/mol. The Labute approximate surface area is 57.1 Å². The lowest BCUT2D eigenvalue weighted by Crippen LogP contribution is -1.95. The van der Waals surface area contributed by atoms with Crippen LogP contribution in [0.15, 0.2) is 6.07 Å². The summed E-state index contributed by atoms with van der Waals surface area (Å²) in [6, 6.07) is 1.18. The molecule has 54 valence electrons. The van der Waals surface area contributed by atoms with Crippen LogP contribution in [0.1, 0.15) is 16.2 Å². The predicted molar refractivity (Wildman–Crippen MR) is 34.2 cm³/mol. The van der Waals surface area contributed by atoms with Gasteiger partial charge in [-0.3, -0.25) is 0 Å². The number of aromatic hydroxyl groups is 1. The van der Waals surface area contributed by atoms with Crippen molar-refractivity contribution in [1.82, 2.24) is 4.98 Å². The Bertz CT molecular complexity index is 244. The lowest BCUT2D eigenvalue weighted by atomic mass is 10.4. The minimum absolute atomic E-state index is 0.00926. The summed E-state index contributed by atoms with van der Waals surface area (Å²) in [5, 5.41) is 17.3. The topological polar surface area (TPSA) is 73.3 Å². The molecule has 0 bridgehead atoms. The number of rotatable bonds is 1. The second kappa shape index (κ2) is 2.06. The maximum absolute atomic E-state index is 10.2. The normalized spacial score (nSPS) is 9.70. The molecule has 0 aliphatic carbocycles. The largest absolute Gasteiger partial charge is 0.506 e. The van der Waals surface area contributed by atoms with Gasteiger partial charge in [-0.05, 0) is 6.92 Å². The first-order valence-electron chi connectivity index (χ1n) is 2.73. The third-order valence-corrected chi connectivity index (χ3v) is 1.22. The molecule has 1 aromatic heterocycles. The highest BCUT2D eigenvalue weighted by atomic mass is 16.4. The fourth-order valence-corrected chi connectivity index (χ4v) is 0.662. The van der Waals surface area contributed by atoms with E-state index in [4.69, 9.17) is 10.2 Å². The number of aromatic nitrogens is 1. The van der Waals surface area contributed by atoms with E-state index < -0.39 is 5.97 Å². The molecule has 1 aromatic rings. The molecule has 0 spiro atoms. The van der Waals surface area contributed by atoms with E-state index >= 15 is 0 Å². The van der Waals surface area contributed by atoms with Crippen molar-refractivity contribution < 1.29 is 15.0 Å². The van der Waals surface area contributed by atoms with E-state index in [0.717, 1.165) is 0 Å². The minimum atomic E-state index is -1.07. The van der Waals surface area contributed by atoms with Crippen LogP contribution in [0, 0.1) is 6.92 Å². The molecule has 10 heavy (non-hydrogen) atoms. The smallest absolute Gasteiger partial charge is 0.352 e. The molecule has 1 rings (SSSR count). The Morgan fingerprint density at radius 2 is 2.30 bits per heavy atom. The van der Waals surface area contributed by atoms with Crippen LogP contribution in [0.4, 0.5) is 0 Å². The van der Waals surface area contributed by atoms with Crippen molar-refractivity contribution in [2.24, 2.45) is 0 Å². The summed E-state index contributed by atoms with van der Waals surface area (Å²) >= 11 is 0. The van der Waals surface area contributed by atoms with Crippen molar-refractivity contribution in [3.05, 3.63) is 17.5 Å². The molecule has 0 amide bonds. The van der Waals surface area contributed by atoms with Gasteiger partial charge in [0.15, 0.2) is 0 Å². The van der Waals surface area contributed by atoms with Gasteiger partial charge in [0.25, 0.3) is 0 Å². The Kier molecular flexibility index (Phi) is 1.37. The molecular weight excluding hydrogens is 134 g/mol. The van der Waals surface area contributed by atoms with E-state index in [9.17, 15) is 4.79 Å². The first-order chi connectivity index (χ1) is 4.61. The summed E-state index contributed by atoms with van der Waals surface area (Å²) in [5.74, 6) is -1.08. The molecule has 1 heterocycles. The summed E-state index contributed by atoms with van der Waals surface area (Å²) in [7, 11) is 0. The SMILES string of the molecule is Cc1[nH]c(C(=O)O)cc1O. The second-order valence-corrected chi connectivity index (χ2v) is 2.00. The van der Waals surface area contributed by atoms with Gasteiger partial charge in [-0.1, -0.05) is 0 Å². The van der Waals surface area contributed by atoms with Crippen molar-refractivity contribution in [3.63, 3.8) is 0 Å². The van der Waals surface area contributed by atoms with Crippen LogP contribution in [0.25, 0.3) is 0 Å². The van der Waals surface area contributed by atoms with Crippen LogP contribution >= 0.6 is 0 Å². The Balaban J connectivity index is 3.10. The monoisotopic (exact) mass is 141 g/mol. The van der Waals surface area contributed by atoms with E-state index in [1.165, 1.54) is 6.07 Å². The molecule has 0 radical (unpaired) electrons. The molecule has 0 aliphatic heterocycles. The van der Waals surface area contributed by atoms with Gasteiger partial charge in [0, 0.05) is 6.07 Å². The number of carbonyl (C=O) groups is 1. The molecule has 0 aromatic carbocycles. The van der Waals surface area contributed by atoms with Crippen molar-refractivity contribution in [2.45, 2.75) is 6.92 Å². The molecule has 0 saturated carbocycles. The van der Waals surface area contributed by atoms with Crippen molar-refractivity contribution >= 4 is 5.97 Å². The highest BCUT2D eigenvalue weighted by molar-refractivity contribution is 5.86. The fraction of sp³-hybridized carbons (Fsp3) is 0.167. The fourth-order valence-electron chi connectivity index (χ4n) is 0.662. The van der Waals surface area contributed by atoms with Crippen LogP contribution in [0.2, 0.25) is 0 Å². The lowest BCUT2D eigenvalue weighted by molar-refractivity contribution is 0.0691. The Hall–Kier alpha value is -1.45. The summed E-state index contributed by atoms with van der Waals surface area (Å²) in [4.78, 5) is 12.7. The van der Waals surface area contributed by atoms with Gasteiger partial charge in [-0.2, -0.15) is 0 Å². The number of hydrogen-bond donors (Lipinski definition) is 3. The quantitative estimate of drug-likeness (QED) is 0.539. The van der Waals surface area contributed by atoms with Crippen LogP contribution < -0.4 is 0 Å². The zero-order valence-corrected chi connectivity index (χ0v) is 5.38. The molecule has 0 saturated heterocycles. The molecule has 0 atom stereocenters. The first kappa shape index (κ1) is 6.67. The molecule has 0 unspecified atom stereocenters. The van der Waals surface area contributed by atoms with E-state index in [0.29, 0.717) is 5.69 Å². The van der Waals surface area contributed by atoms with E-state index in [-0.39, 0.29) is 11.4 Å². The van der Waals surface area contributed by atoms with Gasteiger partial charge in [-0.15, -0.1) is 0 Å². The molecule has 3 N–H and O–H groups in total. The molecule has 0 fully saturated rings. The van der Waals surface area contributed by atoms with E-state index in [2.05, 4.69) is 4.98 Å². The zero-order chi connectivity index (χ0) is 7.72. The van der Waals surface area contributed by atoms with Crippen LogP contribution in [0.3, 0.4) is 0 Å². The van der Waals surface area contributed by atoms with Crippen molar-refractivity contribution in [1.29, 1.82) is 0 Å². The molecular formula is C6H7NO3. The van der Waals surface area contributed by atoms with Crippen LogP contribution in [-0.4, -0.2) is 21.2 Å². The van der Waals surface area contributed by atoms with E-state index in [1.807, 2.05) is 0 Å². The number of aryl methyl sites for hydroxylation is 1. The maximum Gasteiger partial charge on any atom is 0.352 e. The van der Waals surface area contributed by atoms with Gasteiger partial charge >= 0.3 is 5.97 Å². The lowest BCUT2D eigenvalue weighted by Gasteiger charge is -1.83. The Morgan fingerprint density at radius 1 is 1.70 bits per heavy atom. The standard InChI is InChI=1S/C6H7NO3/c1-3-5(8)2-4(7-3)6(9)10/h2,7-8H,1H3,(H,9,10). The zero-order valence-electron chi connectivity index (χ0n) is 5.38. The number of aromatic carboxylic acids is 1. The molecule has 4 heteroatoms. The van der Waals surface area contributed by atoms with Gasteiger partial charge in [-0.25, -0.2) is 4.79 Å².